The van der Waals surface area contributed by atoms with Crippen molar-refractivity contribution in [3.63, 3.8) is 0 Å². The fraction of sp³-hybridized carbons (Fsp3) is 0.480. The van der Waals surface area contributed by atoms with E-state index in [4.69, 9.17) is 16.3 Å². The van der Waals surface area contributed by atoms with Gasteiger partial charge in [0.2, 0.25) is 5.78 Å². The number of halogens is 1. The van der Waals surface area contributed by atoms with Gasteiger partial charge in [-0.15, -0.1) is 0 Å². The van der Waals surface area contributed by atoms with E-state index in [1.54, 1.807) is 6.07 Å². The number of phenols is 2. The molecule has 3 atom stereocenters. The summed E-state index contributed by atoms with van der Waals surface area (Å²) in [6.45, 7) is 10.5. The quantitative estimate of drug-likeness (QED) is 0.557. The second kappa shape index (κ2) is 6.91. The lowest BCUT2D eigenvalue weighted by atomic mass is 9.63. The van der Waals surface area contributed by atoms with Gasteiger partial charge in [0.1, 0.15) is 27.9 Å². The molecule has 3 unspecified atom stereocenters. The number of benzene rings is 1. The van der Waals surface area contributed by atoms with E-state index in [9.17, 15) is 15.0 Å². The first kappa shape index (κ1) is 21.0. The van der Waals surface area contributed by atoms with E-state index in [-0.39, 0.29) is 28.0 Å². The molecule has 1 saturated carbocycles. The summed E-state index contributed by atoms with van der Waals surface area (Å²) in [5.74, 6) is -0.176. The molecule has 1 saturated heterocycles. The van der Waals surface area contributed by atoms with Gasteiger partial charge < -0.3 is 14.9 Å². The lowest BCUT2D eigenvalue weighted by Gasteiger charge is -2.35. The average molecular weight is 429 g/mol. The van der Waals surface area contributed by atoms with Crippen LogP contribution in [0.3, 0.4) is 0 Å². The van der Waals surface area contributed by atoms with Gasteiger partial charge in [0.15, 0.2) is 0 Å². The van der Waals surface area contributed by atoms with E-state index in [1.165, 1.54) is 22.8 Å². The van der Waals surface area contributed by atoms with Crippen LogP contribution in [0.15, 0.2) is 45.7 Å². The molecule has 4 rings (SSSR count). The number of fused-ring (bicyclic) bond motifs is 1. The van der Waals surface area contributed by atoms with Crippen molar-refractivity contribution in [3.8, 4) is 11.5 Å². The van der Waals surface area contributed by atoms with Crippen LogP contribution in [0.1, 0.15) is 76.2 Å². The lowest BCUT2D eigenvalue weighted by molar-refractivity contribution is 0.0166. The van der Waals surface area contributed by atoms with Crippen molar-refractivity contribution in [1.29, 1.82) is 0 Å². The molecular weight excluding hydrogens is 400 g/mol. The highest BCUT2D eigenvalue weighted by atomic mass is 35.5. The molecular formula is C25H29ClO4. The molecule has 3 aliphatic rings. The minimum Gasteiger partial charge on any atom is -0.508 e. The molecule has 1 heterocycles. The van der Waals surface area contributed by atoms with Crippen LogP contribution in [0.25, 0.3) is 0 Å². The summed E-state index contributed by atoms with van der Waals surface area (Å²) in [5, 5.41) is 20.9. The average Bonchev–Trinajstić information content (AvgIpc) is 3.15. The highest BCUT2D eigenvalue weighted by Crippen LogP contribution is 2.67. The van der Waals surface area contributed by atoms with E-state index in [2.05, 4.69) is 40.7 Å². The number of hydrogen-bond acceptors (Lipinski definition) is 4. The molecule has 1 aromatic carbocycles. The van der Waals surface area contributed by atoms with E-state index in [0.29, 0.717) is 17.7 Å². The van der Waals surface area contributed by atoms with E-state index in [1.807, 2.05) is 0 Å². The Morgan fingerprint density at radius 3 is 2.60 bits per heavy atom. The number of Topliss-reactive ketones (excluding diaryl/α,β-unsaturated/α-hetero) is 1. The van der Waals surface area contributed by atoms with Crippen LogP contribution in [-0.4, -0.2) is 21.6 Å². The van der Waals surface area contributed by atoms with Gasteiger partial charge in [-0.05, 0) is 71.9 Å². The SMILES string of the molecule is CC(C)=CCCC1(C)OC2=C(Cl)C(=O)c3c(O)cc(O)cc3C23CC(=C(C)C)CC13. The Balaban J connectivity index is 1.97. The van der Waals surface area contributed by atoms with E-state index in [0.717, 1.165) is 19.3 Å². The Morgan fingerprint density at radius 1 is 1.27 bits per heavy atom. The first-order chi connectivity index (χ1) is 14.0. The Bertz CT molecular complexity index is 1040. The molecule has 1 aliphatic heterocycles. The lowest BCUT2D eigenvalue weighted by Crippen LogP contribution is -2.39. The van der Waals surface area contributed by atoms with Gasteiger partial charge in [0, 0.05) is 12.0 Å². The van der Waals surface area contributed by atoms with Gasteiger partial charge in [-0.2, -0.15) is 0 Å². The summed E-state index contributed by atoms with van der Waals surface area (Å²) < 4.78 is 6.55. The molecule has 0 radical (unpaired) electrons. The van der Waals surface area contributed by atoms with Crippen molar-refractivity contribution in [3.05, 3.63) is 56.8 Å². The molecule has 1 aromatic rings. The number of carbonyl (C=O) groups excluding carboxylic acids is 1. The van der Waals surface area contributed by atoms with Crippen LogP contribution in [0.4, 0.5) is 0 Å². The Hall–Kier alpha value is -2.20. The number of ether oxygens (including phenoxy) is 1. The number of hydrogen-bond donors (Lipinski definition) is 2. The maximum atomic E-state index is 13.1. The summed E-state index contributed by atoms with van der Waals surface area (Å²) in [4.78, 5) is 13.1. The number of carbonyl (C=O) groups is 1. The Labute approximate surface area is 182 Å². The standard InChI is InChI=1S/C25H29ClO4/c1-13(2)7-6-8-24(5)19-9-15(14(3)4)12-25(19)17-10-16(27)11-18(28)20(17)22(29)21(26)23(25)30-24/h7,10-11,19,27-28H,6,8-9,12H2,1-5H3. The minimum absolute atomic E-state index is 0.0504. The summed E-state index contributed by atoms with van der Waals surface area (Å²) >= 11 is 6.61. The summed E-state index contributed by atoms with van der Waals surface area (Å²) in [7, 11) is 0. The predicted octanol–water partition coefficient (Wildman–Crippen LogP) is 6.26. The molecule has 5 heteroatoms. The Kier molecular flexibility index (Phi) is 4.85. The van der Waals surface area contributed by atoms with Gasteiger partial charge in [-0.3, -0.25) is 4.79 Å². The van der Waals surface area contributed by atoms with Crippen molar-refractivity contribution < 1.29 is 19.7 Å². The molecule has 2 fully saturated rings. The second-order valence-electron chi connectivity index (χ2n) is 9.60. The van der Waals surface area contributed by atoms with Crippen molar-refractivity contribution in [2.24, 2.45) is 5.92 Å². The first-order valence-electron chi connectivity index (χ1n) is 10.5. The number of phenolic OH excluding ortho intramolecular Hbond substituents is 2. The molecule has 0 aromatic heterocycles. The smallest absolute Gasteiger partial charge is 0.211 e. The molecule has 0 amide bonds. The van der Waals surface area contributed by atoms with Gasteiger partial charge in [0.05, 0.1) is 11.0 Å². The Morgan fingerprint density at radius 2 is 1.97 bits per heavy atom. The highest BCUT2D eigenvalue weighted by Gasteiger charge is 2.67. The van der Waals surface area contributed by atoms with E-state index >= 15 is 0 Å². The van der Waals surface area contributed by atoms with Crippen molar-refractivity contribution in [1.82, 2.24) is 0 Å². The molecule has 30 heavy (non-hydrogen) atoms. The van der Waals surface area contributed by atoms with Crippen molar-refractivity contribution >= 4 is 17.4 Å². The molecule has 2 aliphatic carbocycles. The van der Waals surface area contributed by atoms with Crippen LogP contribution in [0.2, 0.25) is 0 Å². The van der Waals surface area contributed by atoms with Crippen LogP contribution in [0, 0.1) is 5.92 Å². The monoisotopic (exact) mass is 428 g/mol. The van der Waals surface area contributed by atoms with Gasteiger partial charge >= 0.3 is 0 Å². The number of allylic oxidation sites excluding steroid dienone is 6. The molecule has 1 spiro atoms. The molecule has 160 valence electrons. The normalized spacial score (nSPS) is 29.3. The maximum absolute atomic E-state index is 13.1. The maximum Gasteiger partial charge on any atom is 0.211 e. The number of ketones is 1. The summed E-state index contributed by atoms with van der Waals surface area (Å²) in [6, 6.07) is 2.82. The third-order valence-corrected chi connectivity index (χ3v) is 7.47. The third-order valence-electron chi connectivity index (χ3n) is 7.12. The summed E-state index contributed by atoms with van der Waals surface area (Å²) in [6.07, 6.45) is 5.38. The van der Waals surface area contributed by atoms with Crippen LogP contribution < -0.4 is 0 Å². The second-order valence-corrected chi connectivity index (χ2v) is 9.98. The third kappa shape index (κ3) is 2.84. The zero-order chi connectivity index (χ0) is 22.0. The van der Waals surface area contributed by atoms with Crippen LogP contribution in [0.5, 0.6) is 11.5 Å². The minimum atomic E-state index is -0.650. The predicted molar refractivity (Wildman–Crippen MR) is 118 cm³/mol. The number of rotatable bonds is 3. The first-order valence-corrected chi connectivity index (χ1v) is 10.9. The van der Waals surface area contributed by atoms with Crippen LogP contribution >= 0.6 is 11.6 Å². The molecule has 0 bridgehead atoms. The molecule has 2 N–H and O–H groups in total. The fourth-order valence-electron chi connectivity index (χ4n) is 5.64. The van der Waals surface area contributed by atoms with Crippen molar-refractivity contribution in [2.45, 2.75) is 71.3 Å². The number of aromatic hydroxyl groups is 2. The van der Waals surface area contributed by atoms with E-state index < -0.39 is 16.8 Å². The summed E-state index contributed by atoms with van der Waals surface area (Å²) in [5.41, 5.74) is 3.50. The topological polar surface area (TPSA) is 66.8 Å². The fourth-order valence-corrected chi connectivity index (χ4v) is 5.94. The van der Waals surface area contributed by atoms with Gasteiger partial charge in [0.25, 0.3) is 0 Å². The highest BCUT2D eigenvalue weighted by molar-refractivity contribution is 6.46. The van der Waals surface area contributed by atoms with Crippen molar-refractivity contribution in [2.75, 3.05) is 0 Å². The zero-order valence-corrected chi connectivity index (χ0v) is 19.0. The van der Waals surface area contributed by atoms with Gasteiger partial charge in [-0.1, -0.05) is 34.4 Å². The largest absolute Gasteiger partial charge is 0.508 e. The zero-order valence-electron chi connectivity index (χ0n) is 18.2. The molecule has 4 nitrogen and oxygen atoms in total. The van der Waals surface area contributed by atoms with Gasteiger partial charge in [-0.25, -0.2) is 0 Å². The van der Waals surface area contributed by atoms with Crippen LogP contribution in [-0.2, 0) is 10.2 Å².